The minimum absolute atomic E-state index is 0.101. The Labute approximate surface area is 160 Å². The first-order chi connectivity index (χ1) is 12.8. The highest BCUT2D eigenvalue weighted by molar-refractivity contribution is 5.93. The molecule has 2 rings (SSSR count). The summed E-state index contributed by atoms with van der Waals surface area (Å²) in [4.78, 5) is 22.9. The van der Waals surface area contributed by atoms with Crippen molar-refractivity contribution in [2.24, 2.45) is 5.92 Å². The first-order valence-electron chi connectivity index (χ1n) is 9.26. The highest BCUT2D eigenvalue weighted by Crippen LogP contribution is 2.23. The van der Waals surface area contributed by atoms with Crippen LogP contribution in [-0.2, 0) is 4.79 Å². The molecule has 1 amide bonds. The van der Waals surface area contributed by atoms with Gasteiger partial charge in [0.2, 0.25) is 0 Å². The maximum absolute atomic E-state index is 12.3. The van der Waals surface area contributed by atoms with E-state index >= 15 is 0 Å². The van der Waals surface area contributed by atoms with E-state index in [4.69, 9.17) is 0 Å². The summed E-state index contributed by atoms with van der Waals surface area (Å²) in [7, 11) is 0. The van der Waals surface area contributed by atoms with Crippen LogP contribution in [0.1, 0.15) is 50.8 Å². The standard InChI is InChI=1S/C21H27N3O3/c1-14(2)16-9-11-17(12-10-16)21(15(3)4)22-13-20(25)23-18-7-5-6-8-19(18)24(26)27/h5-12,14-15,21-22H,13H2,1-4H3,(H,23,25)/p+1/t21-/m0/s1. The van der Waals surface area contributed by atoms with Gasteiger partial charge in [0.25, 0.3) is 11.6 Å². The largest absolute Gasteiger partial charge is 0.332 e. The zero-order chi connectivity index (χ0) is 20.0. The molecule has 0 saturated heterocycles. The van der Waals surface area contributed by atoms with Crippen molar-refractivity contribution >= 4 is 17.3 Å². The smallest absolute Gasteiger partial charge is 0.292 e. The van der Waals surface area contributed by atoms with Gasteiger partial charge in [-0.3, -0.25) is 14.9 Å². The Hall–Kier alpha value is -2.73. The van der Waals surface area contributed by atoms with Crippen LogP contribution in [0, 0.1) is 16.0 Å². The van der Waals surface area contributed by atoms with Gasteiger partial charge in [-0.25, -0.2) is 0 Å². The number of benzene rings is 2. The predicted molar refractivity (Wildman–Crippen MR) is 107 cm³/mol. The van der Waals surface area contributed by atoms with Gasteiger partial charge in [-0.2, -0.15) is 0 Å². The number of hydrogen-bond acceptors (Lipinski definition) is 3. The number of nitro groups is 1. The molecule has 0 spiro atoms. The van der Waals surface area contributed by atoms with Gasteiger partial charge in [-0.1, -0.05) is 64.1 Å². The third-order valence-electron chi connectivity index (χ3n) is 4.64. The maximum Gasteiger partial charge on any atom is 0.292 e. The summed E-state index contributed by atoms with van der Waals surface area (Å²) >= 11 is 0. The molecular weight excluding hydrogens is 342 g/mol. The van der Waals surface area contributed by atoms with Crippen LogP contribution < -0.4 is 10.6 Å². The maximum atomic E-state index is 12.3. The number of nitro benzene ring substituents is 1. The van der Waals surface area contributed by atoms with Crippen molar-refractivity contribution in [2.45, 2.75) is 39.7 Å². The highest BCUT2D eigenvalue weighted by Gasteiger charge is 2.22. The van der Waals surface area contributed by atoms with Crippen LogP contribution in [0.3, 0.4) is 0 Å². The van der Waals surface area contributed by atoms with Gasteiger partial charge in [-0.15, -0.1) is 0 Å². The quantitative estimate of drug-likeness (QED) is 0.549. The van der Waals surface area contributed by atoms with Crippen molar-refractivity contribution in [2.75, 3.05) is 11.9 Å². The number of para-hydroxylation sites is 2. The molecule has 2 aromatic rings. The molecule has 0 fully saturated rings. The Balaban J connectivity index is 2.03. The van der Waals surface area contributed by atoms with E-state index in [-0.39, 0.29) is 29.9 Å². The van der Waals surface area contributed by atoms with Crippen molar-refractivity contribution in [1.29, 1.82) is 0 Å². The Morgan fingerprint density at radius 2 is 1.63 bits per heavy atom. The van der Waals surface area contributed by atoms with E-state index in [1.165, 1.54) is 17.2 Å². The monoisotopic (exact) mass is 370 g/mol. The Morgan fingerprint density at radius 3 is 2.19 bits per heavy atom. The lowest BCUT2D eigenvalue weighted by Gasteiger charge is -2.20. The number of anilines is 1. The van der Waals surface area contributed by atoms with E-state index in [1.54, 1.807) is 18.2 Å². The lowest BCUT2D eigenvalue weighted by Crippen LogP contribution is -2.88. The Kier molecular flexibility index (Phi) is 7.07. The van der Waals surface area contributed by atoms with E-state index in [0.717, 1.165) is 0 Å². The van der Waals surface area contributed by atoms with Crippen molar-refractivity contribution in [1.82, 2.24) is 0 Å². The van der Waals surface area contributed by atoms with E-state index in [9.17, 15) is 14.9 Å². The first kappa shape index (κ1) is 20.6. The van der Waals surface area contributed by atoms with Crippen LogP contribution in [0.25, 0.3) is 0 Å². The van der Waals surface area contributed by atoms with Gasteiger partial charge < -0.3 is 10.6 Å². The van der Waals surface area contributed by atoms with Gasteiger partial charge in [0.1, 0.15) is 11.7 Å². The third-order valence-corrected chi connectivity index (χ3v) is 4.64. The van der Waals surface area contributed by atoms with Crippen molar-refractivity contribution in [3.05, 3.63) is 69.8 Å². The van der Waals surface area contributed by atoms with Gasteiger partial charge in [0, 0.05) is 17.5 Å². The molecule has 0 heterocycles. The molecule has 144 valence electrons. The average molecular weight is 370 g/mol. The number of rotatable bonds is 8. The summed E-state index contributed by atoms with van der Waals surface area (Å²) in [6.45, 7) is 8.76. The number of nitrogens with one attached hydrogen (secondary N) is 1. The summed E-state index contributed by atoms with van der Waals surface area (Å²) in [5, 5.41) is 15.7. The topological polar surface area (TPSA) is 88.8 Å². The second-order valence-corrected chi connectivity index (χ2v) is 7.35. The van der Waals surface area contributed by atoms with Crippen molar-refractivity contribution in [3.8, 4) is 0 Å². The molecule has 0 aliphatic rings. The van der Waals surface area contributed by atoms with Crippen LogP contribution in [0.4, 0.5) is 11.4 Å². The first-order valence-corrected chi connectivity index (χ1v) is 9.26. The van der Waals surface area contributed by atoms with Gasteiger partial charge in [0.15, 0.2) is 6.54 Å². The minimum Gasteiger partial charge on any atom is -0.332 e. The third kappa shape index (κ3) is 5.62. The summed E-state index contributed by atoms with van der Waals surface area (Å²) in [6, 6.07) is 14.8. The molecule has 1 atom stereocenters. The van der Waals surface area contributed by atoms with E-state index < -0.39 is 4.92 Å². The van der Waals surface area contributed by atoms with Crippen molar-refractivity contribution < 1.29 is 15.0 Å². The Morgan fingerprint density at radius 1 is 1.04 bits per heavy atom. The summed E-state index contributed by atoms with van der Waals surface area (Å²) in [6.07, 6.45) is 0. The number of carbonyl (C=O) groups excluding carboxylic acids is 1. The molecule has 27 heavy (non-hydrogen) atoms. The van der Waals surface area contributed by atoms with Crippen molar-refractivity contribution in [3.63, 3.8) is 0 Å². The number of nitrogens with two attached hydrogens (primary N) is 1. The zero-order valence-corrected chi connectivity index (χ0v) is 16.3. The fraction of sp³-hybridized carbons (Fsp3) is 0.381. The van der Waals surface area contributed by atoms with Gasteiger partial charge >= 0.3 is 0 Å². The summed E-state index contributed by atoms with van der Waals surface area (Å²) in [5.41, 5.74) is 2.59. The number of nitrogens with zero attached hydrogens (tertiary/aromatic N) is 1. The number of amides is 1. The van der Waals surface area contributed by atoms with Gasteiger partial charge in [-0.05, 0) is 17.5 Å². The fourth-order valence-electron chi connectivity index (χ4n) is 3.07. The molecule has 0 aromatic heterocycles. The lowest BCUT2D eigenvalue weighted by molar-refractivity contribution is -0.692. The van der Waals surface area contributed by atoms with Crippen LogP contribution in [-0.4, -0.2) is 17.4 Å². The van der Waals surface area contributed by atoms with Crippen LogP contribution in [0.2, 0.25) is 0 Å². The molecule has 6 nitrogen and oxygen atoms in total. The van der Waals surface area contributed by atoms with Crippen LogP contribution in [0.15, 0.2) is 48.5 Å². The summed E-state index contributed by atoms with van der Waals surface area (Å²) < 4.78 is 0. The number of hydrogen-bond donors (Lipinski definition) is 2. The molecule has 2 aromatic carbocycles. The molecule has 0 radical (unpaired) electrons. The van der Waals surface area contributed by atoms with Crippen LogP contribution in [0.5, 0.6) is 0 Å². The lowest BCUT2D eigenvalue weighted by atomic mass is 9.93. The summed E-state index contributed by atoms with van der Waals surface area (Å²) in [5.74, 6) is 0.565. The Bertz CT molecular complexity index is 786. The fourth-order valence-corrected chi connectivity index (χ4v) is 3.07. The predicted octanol–water partition coefficient (Wildman–Crippen LogP) is 3.62. The highest BCUT2D eigenvalue weighted by atomic mass is 16.6. The van der Waals surface area contributed by atoms with Gasteiger partial charge in [0.05, 0.1) is 4.92 Å². The second kappa shape index (κ2) is 9.28. The molecule has 3 N–H and O–H groups in total. The number of quaternary nitrogens is 1. The molecule has 0 bridgehead atoms. The molecule has 0 aliphatic heterocycles. The zero-order valence-electron chi connectivity index (χ0n) is 16.3. The minimum atomic E-state index is -0.494. The van der Waals surface area contributed by atoms with E-state index in [2.05, 4.69) is 57.3 Å². The molecule has 0 aliphatic carbocycles. The number of carbonyl (C=O) groups is 1. The normalized spacial score (nSPS) is 12.2. The average Bonchev–Trinajstić information content (AvgIpc) is 2.62. The van der Waals surface area contributed by atoms with E-state index in [1.807, 2.05) is 5.32 Å². The van der Waals surface area contributed by atoms with Crippen LogP contribution >= 0.6 is 0 Å². The van der Waals surface area contributed by atoms with E-state index in [0.29, 0.717) is 11.8 Å². The SMILES string of the molecule is CC(C)c1ccc([C@@H]([NH2+]CC(=O)Nc2ccccc2[N+](=O)[O-])C(C)C)cc1. The second-order valence-electron chi connectivity index (χ2n) is 7.35. The molecule has 6 heteroatoms. The molecule has 0 saturated carbocycles. The molecular formula is C21H28N3O3+. The molecule has 0 unspecified atom stereocenters.